The molecular weight excluding hydrogens is 230 g/mol. The van der Waals surface area contributed by atoms with Gasteiger partial charge in [-0.2, -0.15) is 11.8 Å². The Morgan fingerprint density at radius 3 is 2.29 bits per heavy atom. The number of aliphatic hydroxyl groups excluding tert-OH is 1. The van der Waals surface area contributed by atoms with Gasteiger partial charge in [-0.1, -0.05) is 12.1 Å². The molecule has 1 unspecified atom stereocenters. The number of hydrogen-bond donors (Lipinski definition) is 1. The fourth-order valence-electron chi connectivity index (χ4n) is 1.72. The van der Waals surface area contributed by atoms with E-state index in [4.69, 9.17) is 0 Å². The topological polar surface area (TPSA) is 23.5 Å². The van der Waals surface area contributed by atoms with Crippen LogP contribution in [0.2, 0.25) is 0 Å². The molecule has 0 amide bonds. The summed E-state index contributed by atoms with van der Waals surface area (Å²) in [5, 5.41) is 9.46. The Morgan fingerprint density at radius 2 is 1.82 bits per heavy atom. The normalized spacial score (nSPS) is 14.4. The molecule has 0 aliphatic carbocycles. The average molecular weight is 253 g/mol. The zero-order chi connectivity index (χ0) is 12.8. The van der Waals surface area contributed by atoms with E-state index >= 15 is 0 Å². The maximum atomic E-state index is 9.46. The lowest BCUT2D eigenvalue weighted by molar-refractivity contribution is 0.199. The third-order valence-corrected chi connectivity index (χ3v) is 3.83. The van der Waals surface area contributed by atoms with Gasteiger partial charge in [-0.05, 0) is 50.0 Å². The third-order valence-electron chi connectivity index (χ3n) is 3.18. The van der Waals surface area contributed by atoms with Gasteiger partial charge in [0.1, 0.15) is 0 Å². The summed E-state index contributed by atoms with van der Waals surface area (Å²) in [6, 6.07) is 8.70. The smallest absolute Gasteiger partial charge is 0.0761 e. The Kier molecular flexibility index (Phi) is 5.86. The molecule has 0 heterocycles. The average Bonchev–Trinajstić information content (AvgIpc) is 2.35. The molecule has 0 saturated carbocycles. The molecule has 1 aromatic carbocycles. The van der Waals surface area contributed by atoms with Crippen LogP contribution in [0.15, 0.2) is 24.3 Å². The van der Waals surface area contributed by atoms with E-state index in [1.54, 1.807) is 6.92 Å². The van der Waals surface area contributed by atoms with Gasteiger partial charge in [-0.3, -0.25) is 0 Å². The summed E-state index contributed by atoms with van der Waals surface area (Å²) in [6.07, 6.45) is 2.95. The first kappa shape index (κ1) is 14.4. The van der Waals surface area contributed by atoms with Gasteiger partial charge in [0.2, 0.25) is 0 Å². The molecule has 0 aliphatic rings. The molecule has 96 valence electrons. The molecule has 0 saturated heterocycles. The van der Waals surface area contributed by atoms with E-state index in [0.29, 0.717) is 6.04 Å². The van der Waals surface area contributed by atoms with E-state index in [-0.39, 0.29) is 6.10 Å². The zero-order valence-electron chi connectivity index (χ0n) is 11.2. The van der Waals surface area contributed by atoms with Gasteiger partial charge in [0, 0.05) is 18.8 Å². The van der Waals surface area contributed by atoms with Gasteiger partial charge in [0.15, 0.2) is 0 Å². The number of thioether (sulfide) groups is 1. The standard InChI is InChI=1S/C14H23NOS/c1-11(9-10-17-4)15(3)14-7-5-13(6-8-14)12(2)16/h5-8,11-12,16H,9-10H2,1-4H3/t11?,12-/m1/s1. The van der Waals surface area contributed by atoms with Crippen molar-refractivity contribution < 1.29 is 5.11 Å². The fraction of sp³-hybridized carbons (Fsp3) is 0.571. The molecule has 2 atom stereocenters. The Morgan fingerprint density at radius 1 is 1.24 bits per heavy atom. The Balaban J connectivity index is 2.65. The molecule has 1 rings (SSSR count). The zero-order valence-corrected chi connectivity index (χ0v) is 12.0. The Bertz CT molecular complexity index is 323. The van der Waals surface area contributed by atoms with Crippen molar-refractivity contribution in [3.05, 3.63) is 29.8 Å². The predicted octanol–water partition coefficient (Wildman–Crippen LogP) is 3.32. The van der Waals surface area contributed by atoms with Crippen LogP contribution in [0.5, 0.6) is 0 Å². The van der Waals surface area contributed by atoms with Crippen molar-refractivity contribution in [2.45, 2.75) is 32.4 Å². The lowest BCUT2D eigenvalue weighted by Gasteiger charge is -2.27. The summed E-state index contributed by atoms with van der Waals surface area (Å²) in [6.45, 7) is 4.04. The first-order chi connectivity index (χ1) is 8.06. The summed E-state index contributed by atoms with van der Waals surface area (Å²) < 4.78 is 0. The van der Waals surface area contributed by atoms with Crippen molar-refractivity contribution in [1.29, 1.82) is 0 Å². The van der Waals surface area contributed by atoms with E-state index in [2.05, 4.69) is 37.3 Å². The lowest BCUT2D eigenvalue weighted by atomic mass is 10.1. The van der Waals surface area contributed by atoms with Crippen molar-refractivity contribution in [2.24, 2.45) is 0 Å². The van der Waals surface area contributed by atoms with E-state index in [1.807, 2.05) is 23.9 Å². The van der Waals surface area contributed by atoms with Crippen LogP contribution < -0.4 is 4.90 Å². The van der Waals surface area contributed by atoms with E-state index in [9.17, 15) is 5.11 Å². The molecule has 0 bridgehead atoms. The van der Waals surface area contributed by atoms with Gasteiger partial charge in [0.05, 0.1) is 6.10 Å². The van der Waals surface area contributed by atoms with Crippen molar-refractivity contribution in [1.82, 2.24) is 0 Å². The molecule has 3 heteroatoms. The second-order valence-corrected chi connectivity index (χ2v) is 5.49. The molecular formula is C14H23NOS. The molecule has 0 aliphatic heterocycles. The van der Waals surface area contributed by atoms with Crippen LogP contribution in [0, 0.1) is 0 Å². The van der Waals surface area contributed by atoms with Crippen molar-refractivity contribution in [2.75, 3.05) is 24.0 Å². The van der Waals surface area contributed by atoms with Crippen molar-refractivity contribution in [3.8, 4) is 0 Å². The second-order valence-electron chi connectivity index (χ2n) is 4.51. The first-order valence-corrected chi connectivity index (χ1v) is 7.45. The summed E-state index contributed by atoms with van der Waals surface area (Å²) >= 11 is 1.89. The SMILES string of the molecule is CSCCC(C)N(C)c1ccc([C@@H](C)O)cc1. The molecule has 1 N–H and O–H groups in total. The molecule has 17 heavy (non-hydrogen) atoms. The highest BCUT2D eigenvalue weighted by molar-refractivity contribution is 7.98. The quantitative estimate of drug-likeness (QED) is 0.841. The summed E-state index contributed by atoms with van der Waals surface area (Å²) in [4.78, 5) is 2.29. The molecule has 0 radical (unpaired) electrons. The summed E-state index contributed by atoms with van der Waals surface area (Å²) in [5.41, 5.74) is 2.18. The highest BCUT2D eigenvalue weighted by Crippen LogP contribution is 2.20. The van der Waals surface area contributed by atoms with Crippen LogP contribution >= 0.6 is 11.8 Å². The first-order valence-electron chi connectivity index (χ1n) is 6.06. The van der Waals surface area contributed by atoms with Gasteiger partial charge in [0.25, 0.3) is 0 Å². The van der Waals surface area contributed by atoms with Crippen LogP contribution in [-0.4, -0.2) is 30.2 Å². The highest BCUT2D eigenvalue weighted by atomic mass is 32.2. The monoisotopic (exact) mass is 253 g/mol. The number of rotatable bonds is 6. The van der Waals surface area contributed by atoms with Crippen molar-refractivity contribution in [3.63, 3.8) is 0 Å². The van der Waals surface area contributed by atoms with E-state index < -0.39 is 0 Å². The largest absolute Gasteiger partial charge is 0.389 e. The number of anilines is 1. The number of hydrogen-bond acceptors (Lipinski definition) is 3. The van der Waals surface area contributed by atoms with Gasteiger partial charge >= 0.3 is 0 Å². The highest BCUT2D eigenvalue weighted by Gasteiger charge is 2.10. The van der Waals surface area contributed by atoms with Crippen molar-refractivity contribution >= 4 is 17.4 Å². The van der Waals surface area contributed by atoms with E-state index in [1.165, 1.54) is 17.9 Å². The lowest BCUT2D eigenvalue weighted by Crippen LogP contribution is -2.29. The van der Waals surface area contributed by atoms with E-state index in [0.717, 1.165) is 5.56 Å². The molecule has 0 aromatic heterocycles. The van der Waals surface area contributed by atoms with Gasteiger partial charge in [-0.15, -0.1) is 0 Å². The summed E-state index contributed by atoms with van der Waals surface area (Å²) in [5.74, 6) is 1.19. The fourth-order valence-corrected chi connectivity index (χ4v) is 2.30. The number of benzene rings is 1. The molecule has 0 fully saturated rings. The minimum Gasteiger partial charge on any atom is -0.389 e. The van der Waals surface area contributed by atoms with Crippen LogP contribution in [0.3, 0.4) is 0 Å². The van der Waals surface area contributed by atoms with Crippen LogP contribution in [0.25, 0.3) is 0 Å². The summed E-state index contributed by atoms with van der Waals surface area (Å²) in [7, 11) is 2.13. The minimum atomic E-state index is -0.386. The number of aliphatic hydroxyl groups is 1. The third kappa shape index (κ3) is 4.25. The van der Waals surface area contributed by atoms with Gasteiger partial charge < -0.3 is 10.0 Å². The predicted molar refractivity (Wildman–Crippen MR) is 77.9 cm³/mol. The Hall–Kier alpha value is -0.670. The molecule has 1 aromatic rings. The van der Waals surface area contributed by atoms with Crippen LogP contribution in [0.4, 0.5) is 5.69 Å². The second kappa shape index (κ2) is 6.92. The maximum Gasteiger partial charge on any atom is 0.0761 e. The number of nitrogens with zero attached hydrogens (tertiary/aromatic N) is 1. The van der Waals surface area contributed by atoms with Crippen LogP contribution in [0.1, 0.15) is 31.9 Å². The molecule has 2 nitrogen and oxygen atoms in total. The minimum absolute atomic E-state index is 0.386. The Labute approximate surface area is 109 Å². The molecule has 0 spiro atoms. The maximum absolute atomic E-state index is 9.46. The van der Waals surface area contributed by atoms with Crippen LogP contribution in [-0.2, 0) is 0 Å². The van der Waals surface area contributed by atoms with Gasteiger partial charge in [-0.25, -0.2) is 0 Å².